The summed E-state index contributed by atoms with van der Waals surface area (Å²) in [5, 5.41) is 0. The zero-order valence-electron chi connectivity index (χ0n) is 11.7. The molecule has 1 aromatic carbocycles. The maximum atomic E-state index is 5.84. The number of nitrogens with zero attached hydrogens (tertiary/aromatic N) is 3. The predicted molar refractivity (Wildman–Crippen MR) is 83.2 cm³/mol. The van der Waals surface area contributed by atoms with E-state index in [0.29, 0.717) is 23.8 Å². The normalized spacial score (nSPS) is 10.8. The molecule has 3 aromatic rings. The second kappa shape index (κ2) is 5.73. The van der Waals surface area contributed by atoms with Crippen molar-refractivity contribution in [1.29, 1.82) is 0 Å². The number of ether oxygens (including phenoxy) is 1. The Balaban J connectivity index is 1.99. The topological polar surface area (TPSA) is 49.2 Å². The third-order valence-electron chi connectivity index (χ3n) is 3.05. The van der Waals surface area contributed by atoms with Crippen LogP contribution in [0.1, 0.15) is 11.4 Å². The van der Waals surface area contributed by atoms with E-state index >= 15 is 0 Å². The van der Waals surface area contributed by atoms with Crippen LogP contribution in [0.4, 0.5) is 0 Å². The SMILES string of the molecule is COc1nc(C)nc2c(Br)cn(OCc3ccccc3)c12. The van der Waals surface area contributed by atoms with Gasteiger partial charge in [0.2, 0.25) is 5.88 Å². The molecule has 0 N–H and O–H groups in total. The van der Waals surface area contributed by atoms with E-state index in [2.05, 4.69) is 25.9 Å². The molecule has 0 bridgehead atoms. The summed E-state index contributed by atoms with van der Waals surface area (Å²) < 4.78 is 7.83. The first-order chi connectivity index (χ1) is 10.2. The molecular weight excluding hydrogens is 334 g/mol. The lowest BCUT2D eigenvalue weighted by Crippen LogP contribution is -2.11. The van der Waals surface area contributed by atoms with Gasteiger partial charge in [-0.3, -0.25) is 0 Å². The fraction of sp³-hybridized carbons (Fsp3) is 0.200. The number of aromatic nitrogens is 3. The van der Waals surface area contributed by atoms with Crippen LogP contribution in [0.15, 0.2) is 41.0 Å². The number of hydrogen-bond acceptors (Lipinski definition) is 4. The molecule has 0 amide bonds. The number of benzene rings is 1. The second-order valence-corrected chi connectivity index (χ2v) is 5.39. The third kappa shape index (κ3) is 2.71. The second-order valence-electron chi connectivity index (χ2n) is 4.54. The number of rotatable bonds is 4. The first-order valence-corrected chi connectivity index (χ1v) is 7.24. The molecule has 108 valence electrons. The molecule has 0 aliphatic rings. The number of aryl methyl sites for hydroxylation is 1. The van der Waals surface area contributed by atoms with Gasteiger partial charge in [0.05, 0.1) is 17.8 Å². The maximum absolute atomic E-state index is 5.84. The van der Waals surface area contributed by atoms with E-state index in [9.17, 15) is 0 Å². The van der Waals surface area contributed by atoms with Crippen molar-refractivity contribution in [3.8, 4) is 5.88 Å². The molecule has 0 saturated carbocycles. The van der Waals surface area contributed by atoms with Gasteiger partial charge in [0.1, 0.15) is 17.9 Å². The average molecular weight is 348 g/mol. The molecule has 21 heavy (non-hydrogen) atoms. The van der Waals surface area contributed by atoms with E-state index in [0.717, 1.165) is 15.6 Å². The van der Waals surface area contributed by atoms with Crippen LogP contribution >= 0.6 is 15.9 Å². The Morgan fingerprint density at radius 2 is 1.95 bits per heavy atom. The fourth-order valence-electron chi connectivity index (χ4n) is 2.10. The van der Waals surface area contributed by atoms with E-state index < -0.39 is 0 Å². The van der Waals surface area contributed by atoms with Crippen molar-refractivity contribution < 1.29 is 9.57 Å². The van der Waals surface area contributed by atoms with Crippen LogP contribution in [0.5, 0.6) is 5.88 Å². The minimum atomic E-state index is 0.452. The summed E-state index contributed by atoms with van der Waals surface area (Å²) >= 11 is 3.49. The van der Waals surface area contributed by atoms with Crippen LogP contribution in [0.3, 0.4) is 0 Å². The molecule has 0 atom stereocenters. The molecule has 2 aromatic heterocycles. The summed E-state index contributed by atoms with van der Waals surface area (Å²) in [4.78, 5) is 14.5. The third-order valence-corrected chi connectivity index (χ3v) is 3.63. The summed E-state index contributed by atoms with van der Waals surface area (Å²) in [5.74, 6) is 1.15. The van der Waals surface area contributed by atoms with Gasteiger partial charge in [-0.15, -0.1) is 0 Å². The zero-order chi connectivity index (χ0) is 14.8. The van der Waals surface area contributed by atoms with Crippen molar-refractivity contribution in [3.63, 3.8) is 0 Å². The Morgan fingerprint density at radius 3 is 2.67 bits per heavy atom. The van der Waals surface area contributed by atoms with Gasteiger partial charge in [0.25, 0.3) is 0 Å². The van der Waals surface area contributed by atoms with E-state index in [1.54, 1.807) is 11.8 Å². The lowest BCUT2D eigenvalue weighted by molar-refractivity contribution is 0.106. The lowest BCUT2D eigenvalue weighted by Gasteiger charge is -2.10. The average Bonchev–Trinajstić information content (AvgIpc) is 2.82. The van der Waals surface area contributed by atoms with E-state index in [1.165, 1.54) is 0 Å². The highest BCUT2D eigenvalue weighted by Crippen LogP contribution is 2.29. The molecule has 3 rings (SSSR count). The van der Waals surface area contributed by atoms with E-state index in [1.807, 2.05) is 43.5 Å². The first-order valence-electron chi connectivity index (χ1n) is 6.45. The van der Waals surface area contributed by atoms with Crippen LogP contribution in [0.25, 0.3) is 11.0 Å². The highest BCUT2D eigenvalue weighted by atomic mass is 79.9. The van der Waals surface area contributed by atoms with Gasteiger partial charge in [0, 0.05) is 0 Å². The largest absolute Gasteiger partial charge is 0.479 e. The molecule has 6 heteroatoms. The Kier molecular flexibility index (Phi) is 3.79. The molecule has 0 aliphatic carbocycles. The number of hydrogen-bond donors (Lipinski definition) is 0. The van der Waals surface area contributed by atoms with Crippen LogP contribution < -0.4 is 9.57 Å². The highest BCUT2D eigenvalue weighted by molar-refractivity contribution is 9.10. The number of halogens is 1. The van der Waals surface area contributed by atoms with Crippen LogP contribution in [-0.4, -0.2) is 21.8 Å². The monoisotopic (exact) mass is 347 g/mol. The van der Waals surface area contributed by atoms with Gasteiger partial charge < -0.3 is 9.57 Å². The van der Waals surface area contributed by atoms with Gasteiger partial charge in [-0.2, -0.15) is 9.71 Å². The summed E-state index contributed by atoms with van der Waals surface area (Å²) in [7, 11) is 1.59. The van der Waals surface area contributed by atoms with Gasteiger partial charge in [-0.25, -0.2) is 4.98 Å². The number of methoxy groups -OCH3 is 1. The van der Waals surface area contributed by atoms with Crippen molar-refractivity contribution >= 4 is 27.0 Å². The molecule has 0 spiro atoms. The van der Waals surface area contributed by atoms with Crippen LogP contribution in [0.2, 0.25) is 0 Å². The van der Waals surface area contributed by atoms with Crippen LogP contribution in [0, 0.1) is 6.92 Å². The molecule has 5 nitrogen and oxygen atoms in total. The molecule has 0 fully saturated rings. The molecule has 0 saturated heterocycles. The summed E-state index contributed by atoms with van der Waals surface area (Å²) in [6.45, 7) is 2.28. The predicted octanol–water partition coefficient (Wildman–Crippen LogP) is 3.14. The van der Waals surface area contributed by atoms with Gasteiger partial charge in [0.15, 0.2) is 5.52 Å². The molecule has 0 unspecified atom stereocenters. The van der Waals surface area contributed by atoms with Gasteiger partial charge in [-0.1, -0.05) is 30.3 Å². The molecule has 2 heterocycles. The standard InChI is InChI=1S/C15H14BrN3O2/c1-10-17-13-12(16)8-19(14(13)15(18-10)20-2)21-9-11-6-4-3-5-7-11/h3-8H,9H2,1-2H3. The van der Waals surface area contributed by atoms with Crippen LogP contribution in [-0.2, 0) is 6.61 Å². The summed E-state index contributed by atoms with van der Waals surface area (Å²) in [6.07, 6.45) is 1.82. The van der Waals surface area contributed by atoms with Gasteiger partial charge in [-0.05, 0) is 28.4 Å². The number of fused-ring (bicyclic) bond motifs is 1. The van der Waals surface area contributed by atoms with Gasteiger partial charge >= 0.3 is 0 Å². The molecule has 0 aliphatic heterocycles. The smallest absolute Gasteiger partial charge is 0.245 e. The lowest BCUT2D eigenvalue weighted by atomic mass is 10.2. The van der Waals surface area contributed by atoms with Crippen molar-refractivity contribution in [2.75, 3.05) is 7.11 Å². The Morgan fingerprint density at radius 1 is 1.19 bits per heavy atom. The maximum Gasteiger partial charge on any atom is 0.245 e. The minimum Gasteiger partial charge on any atom is -0.479 e. The minimum absolute atomic E-state index is 0.452. The quantitative estimate of drug-likeness (QED) is 0.727. The fourth-order valence-corrected chi connectivity index (χ4v) is 2.56. The van der Waals surface area contributed by atoms with E-state index in [-0.39, 0.29) is 0 Å². The summed E-state index contributed by atoms with van der Waals surface area (Å²) in [5.41, 5.74) is 2.57. The van der Waals surface area contributed by atoms with E-state index in [4.69, 9.17) is 9.57 Å². The molecule has 0 radical (unpaired) electrons. The Labute approximate surface area is 130 Å². The Hall–Kier alpha value is -2.08. The summed E-state index contributed by atoms with van der Waals surface area (Å²) in [6, 6.07) is 9.97. The van der Waals surface area contributed by atoms with Crippen molar-refractivity contribution in [1.82, 2.24) is 14.7 Å². The first kappa shape index (κ1) is 13.9. The van der Waals surface area contributed by atoms with Crippen molar-refractivity contribution in [2.24, 2.45) is 0 Å². The zero-order valence-corrected chi connectivity index (χ0v) is 13.3. The van der Waals surface area contributed by atoms with Crippen molar-refractivity contribution in [2.45, 2.75) is 13.5 Å². The molecular formula is C15H14BrN3O2. The highest BCUT2D eigenvalue weighted by Gasteiger charge is 2.16. The Bertz CT molecular complexity index is 771. The van der Waals surface area contributed by atoms with Crippen molar-refractivity contribution in [3.05, 3.63) is 52.4 Å².